The topological polar surface area (TPSA) is 59.2 Å². The van der Waals surface area contributed by atoms with Gasteiger partial charge in [-0.25, -0.2) is 4.39 Å². The number of nitrogens with zero attached hydrogens (tertiary/aromatic N) is 2. The van der Waals surface area contributed by atoms with E-state index in [1.807, 2.05) is 0 Å². The van der Waals surface area contributed by atoms with Crippen molar-refractivity contribution < 1.29 is 14.0 Å². The van der Waals surface area contributed by atoms with Crippen molar-refractivity contribution in [1.82, 2.24) is 10.1 Å². The molecule has 2 rings (SSSR count). The van der Waals surface area contributed by atoms with Crippen LogP contribution in [-0.2, 0) is 0 Å². The number of benzene rings is 1. The molecular formula is C11H11FN2O2. The van der Waals surface area contributed by atoms with Gasteiger partial charge in [-0.1, -0.05) is 5.16 Å². The van der Waals surface area contributed by atoms with E-state index in [1.165, 1.54) is 12.1 Å². The molecule has 1 N–H and O–H groups in total. The van der Waals surface area contributed by atoms with Crippen molar-refractivity contribution in [1.29, 1.82) is 0 Å². The fourth-order valence-electron chi connectivity index (χ4n) is 1.38. The first-order valence-corrected chi connectivity index (χ1v) is 4.86. The highest BCUT2D eigenvalue weighted by Gasteiger charge is 2.14. The molecule has 0 fully saturated rings. The second-order valence-electron chi connectivity index (χ2n) is 3.59. The number of aliphatic hydroxyl groups is 1. The van der Waals surface area contributed by atoms with Gasteiger partial charge >= 0.3 is 0 Å². The first-order valence-electron chi connectivity index (χ1n) is 4.86. The number of rotatable bonds is 2. The van der Waals surface area contributed by atoms with Gasteiger partial charge in [-0.3, -0.25) is 0 Å². The van der Waals surface area contributed by atoms with Crippen LogP contribution >= 0.6 is 0 Å². The lowest BCUT2D eigenvalue weighted by Gasteiger charge is -1.99. The standard InChI is InChI=1S/C11H11FN2O2/c1-6-5-8(12)3-4-9(6)11-13-10(7(2)15)14-16-11/h3-5,7,15H,1-2H3. The number of aromatic nitrogens is 2. The Hall–Kier alpha value is -1.75. The number of halogens is 1. The van der Waals surface area contributed by atoms with Gasteiger partial charge in [-0.2, -0.15) is 4.98 Å². The Balaban J connectivity index is 2.42. The van der Waals surface area contributed by atoms with Crippen LogP contribution in [0.4, 0.5) is 4.39 Å². The van der Waals surface area contributed by atoms with Crippen molar-refractivity contribution in [2.45, 2.75) is 20.0 Å². The van der Waals surface area contributed by atoms with E-state index >= 15 is 0 Å². The largest absolute Gasteiger partial charge is 0.385 e. The minimum absolute atomic E-state index is 0.221. The van der Waals surface area contributed by atoms with E-state index < -0.39 is 6.10 Å². The van der Waals surface area contributed by atoms with Crippen LogP contribution in [0.25, 0.3) is 11.5 Å². The lowest BCUT2D eigenvalue weighted by molar-refractivity contribution is 0.184. The Morgan fingerprint density at radius 3 is 2.75 bits per heavy atom. The summed E-state index contributed by atoms with van der Waals surface area (Å²) in [5, 5.41) is 12.9. The molecule has 0 saturated carbocycles. The monoisotopic (exact) mass is 222 g/mol. The van der Waals surface area contributed by atoms with E-state index in [4.69, 9.17) is 4.52 Å². The Labute approximate surface area is 91.7 Å². The summed E-state index contributed by atoms with van der Waals surface area (Å²) in [5.41, 5.74) is 1.38. The predicted octanol–water partition coefficient (Wildman–Crippen LogP) is 2.24. The smallest absolute Gasteiger partial charge is 0.258 e. The van der Waals surface area contributed by atoms with Gasteiger partial charge in [0.25, 0.3) is 5.89 Å². The van der Waals surface area contributed by atoms with E-state index in [2.05, 4.69) is 10.1 Å². The van der Waals surface area contributed by atoms with Crippen molar-refractivity contribution in [2.75, 3.05) is 0 Å². The lowest BCUT2D eigenvalue weighted by Crippen LogP contribution is -1.93. The predicted molar refractivity (Wildman–Crippen MR) is 55.1 cm³/mol. The molecule has 0 aliphatic rings. The molecule has 1 aromatic carbocycles. The van der Waals surface area contributed by atoms with E-state index in [9.17, 15) is 9.50 Å². The van der Waals surface area contributed by atoms with Gasteiger partial charge in [0.05, 0.1) is 0 Å². The molecule has 0 amide bonds. The molecule has 0 aliphatic heterocycles. The molecule has 0 spiro atoms. The van der Waals surface area contributed by atoms with Gasteiger partial charge in [0.2, 0.25) is 0 Å². The van der Waals surface area contributed by atoms with Crippen LogP contribution in [0.15, 0.2) is 22.7 Å². The maximum atomic E-state index is 12.9. The number of aliphatic hydroxyl groups excluding tert-OH is 1. The van der Waals surface area contributed by atoms with Crippen molar-refractivity contribution in [3.05, 3.63) is 35.4 Å². The molecule has 4 nitrogen and oxygen atoms in total. The fraction of sp³-hybridized carbons (Fsp3) is 0.273. The zero-order valence-electron chi connectivity index (χ0n) is 8.94. The van der Waals surface area contributed by atoms with Crippen LogP contribution < -0.4 is 0 Å². The zero-order valence-corrected chi connectivity index (χ0v) is 8.94. The van der Waals surface area contributed by atoms with Gasteiger partial charge in [0.15, 0.2) is 5.82 Å². The number of aryl methyl sites for hydroxylation is 1. The minimum atomic E-state index is -0.779. The van der Waals surface area contributed by atoms with Gasteiger partial charge in [-0.15, -0.1) is 0 Å². The first kappa shape index (κ1) is 10.8. The third-order valence-electron chi connectivity index (χ3n) is 2.23. The first-order chi connectivity index (χ1) is 7.58. The van der Waals surface area contributed by atoms with Crippen LogP contribution in [0.5, 0.6) is 0 Å². The third-order valence-corrected chi connectivity index (χ3v) is 2.23. The Kier molecular flexibility index (Phi) is 2.70. The molecule has 1 unspecified atom stereocenters. The summed E-state index contributed by atoms with van der Waals surface area (Å²) in [6, 6.07) is 4.29. The van der Waals surface area contributed by atoms with E-state index in [0.29, 0.717) is 11.1 Å². The molecule has 0 radical (unpaired) electrons. The van der Waals surface area contributed by atoms with Crippen LogP contribution in [0, 0.1) is 12.7 Å². The molecule has 16 heavy (non-hydrogen) atoms. The summed E-state index contributed by atoms with van der Waals surface area (Å²) in [6.45, 7) is 3.30. The van der Waals surface area contributed by atoms with Gasteiger partial charge in [0, 0.05) is 5.56 Å². The van der Waals surface area contributed by atoms with Crippen LogP contribution in [0.3, 0.4) is 0 Å². The fourth-order valence-corrected chi connectivity index (χ4v) is 1.38. The van der Waals surface area contributed by atoms with Gasteiger partial charge < -0.3 is 9.63 Å². The van der Waals surface area contributed by atoms with E-state index in [0.717, 1.165) is 0 Å². The molecular weight excluding hydrogens is 211 g/mol. The molecule has 0 bridgehead atoms. The Bertz CT molecular complexity index is 508. The minimum Gasteiger partial charge on any atom is -0.385 e. The summed E-state index contributed by atoms with van der Waals surface area (Å²) < 4.78 is 17.9. The quantitative estimate of drug-likeness (QED) is 0.846. The zero-order chi connectivity index (χ0) is 11.7. The van der Waals surface area contributed by atoms with Crippen molar-refractivity contribution in [2.24, 2.45) is 0 Å². The highest BCUT2D eigenvalue weighted by Crippen LogP contribution is 2.23. The second-order valence-corrected chi connectivity index (χ2v) is 3.59. The van der Waals surface area contributed by atoms with Crippen molar-refractivity contribution in [3.63, 3.8) is 0 Å². The summed E-state index contributed by atoms with van der Waals surface area (Å²) in [4.78, 5) is 4.02. The highest BCUT2D eigenvalue weighted by atomic mass is 19.1. The van der Waals surface area contributed by atoms with Gasteiger partial charge in [-0.05, 0) is 37.6 Å². The maximum absolute atomic E-state index is 12.9. The number of hydrogen-bond acceptors (Lipinski definition) is 4. The molecule has 0 saturated heterocycles. The van der Waals surface area contributed by atoms with Crippen molar-refractivity contribution >= 4 is 0 Å². The molecule has 2 aromatic rings. The molecule has 84 valence electrons. The summed E-state index contributed by atoms with van der Waals surface area (Å²) in [7, 11) is 0. The summed E-state index contributed by atoms with van der Waals surface area (Å²) >= 11 is 0. The molecule has 1 aromatic heterocycles. The molecule has 1 heterocycles. The molecule has 5 heteroatoms. The SMILES string of the molecule is Cc1cc(F)ccc1-c1nc(C(C)O)no1. The summed E-state index contributed by atoms with van der Waals surface area (Å²) in [6.07, 6.45) is -0.779. The Morgan fingerprint density at radius 2 is 2.19 bits per heavy atom. The highest BCUT2D eigenvalue weighted by molar-refractivity contribution is 5.57. The third kappa shape index (κ3) is 1.94. The molecule has 1 atom stereocenters. The normalized spacial score (nSPS) is 12.8. The summed E-state index contributed by atoms with van der Waals surface area (Å²) in [5.74, 6) is 0.198. The van der Waals surface area contributed by atoms with Gasteiger partial charge in [0.1, 0.15) is 11.9 Å². The molecule has 0 aliphatic carbocycles. The van der Waals surface area contributed by atoms with Crippen LogP contribution in [0.2, 0.25) is 0 Å². The van der Waals surface area contributed by atoms with E-state index in [-0.39, 0.29) is 17.5 Å². The maximum Gasteiger partial charge on any atom is 0.258 e. The average Bonchev–Trinajstić information content (AvgIpc) is 2.66. The Morgan fingerprint density at radius 1 is 1.44 bits per heavy atom. The lowest BCUT2D eigenvalue weighted by atomic mass is 10.1. The van der Waals surface area contributed by atoms with Crippen LogP contribution in [0.1, 0.15) is 24.4 Å². The number of hydrogen-bond donors (Lipinski definition) is 1. The van der Waals surface area contributed by atoms with Crippen LogP contribution in [-0.4, -0.2) is 15.2 Å². The second kappa shape index (κ2) is 4.02. The van der Waals surface area contributed by atoms with Crippen molar-refractivity contribution in [3.8, 4) is 11.5 Å². The average molecular weight is 222 g/mol. The van der Waals surface area contributed by atoms with E-state index in [1.54, 1.807) is 19.9 Å².